The van der Waals surface area contributed by atoms with Crippen LogP contribution in [0.4, 0.5) is 11.4 Å². The van der Waals surface area contributed by atoms with Crippen molar-refractivity contribution in [2.75, 3.05) is 55.6 Å². The van der Waals surface area contributed by atoms with E-state index in [4.69, 9.17) is 0 Å². The molecule has 1 saturated carbocycles. The first-order valence-corrected chi connectivity index (χ1v) is 19.3. The number of benzene rings is 3. The monoisotopic (exact) mass is 687 g/mol. The fourth-order valence-electron chi connectivity index (χ4n) is 9.87. The Morgan fingerprint density at radius 3 is 2.20 bits per heavy atom. The van der Waals surface area contributed by atoms with Crippen molar-refractivity contribution in [1.82, 2.24) is 15.1 Å². The number of aryl methyl sites for hydroxylation is 1. The SMILES string of the molecule is O=C1CC[C@@H](N2Cc3cc(N4CCN(CC5CCN(c6ccc([C@H]7c8ccc(O)cc8CC[C@H]7C7CC7)cc6)CC5)CC4)ccc3C2=O)C(=O)N1. The van der Waals surface area contributed by atoms with Gasteiger partial charge in [0.05, 0.1) is 0 Å². The number of carbonyl (C=O) groups is 3. The van der Waals surface area contributed by atoms with E-state index >= 15 is 0 Å². The van der Waals surface area contributed by atoms with Crippen molar-refractivity contribution < 1.29 is 19.5 Å². The Morgan fingerprint density at radius 2 is 1.45 bits per heavy atom. The Hall–Kier alpha value is -4.37. The molecular formula is C42H49N5O4. The molecule has 4 aliphatic heterocycles. The van der Waals surface area contributed by atoms with Crippen LogP contribution in [0.25, 0.3) is 0 Å². The fraction of sp³-hybridized carbons (Fsp3) is 0.500. The van der Waals surface area contributed by atoms with Gasteiger partial charge in [0.15, 0.2) is 0 Å². The zero-order valence-electron chi connectivity index (χ0n) is 29.4. The second kappa shape index (κ2) is 13.3. The largest absolute Gasteiger partial charge is 0.508 e. The Balaban J connectivity index is 0.765. The minimum absolute atomic E-state index is 0.117. The highest BCUT2D eigenvalue weighted by Crippen LogP contribution is 2.52. The predicted molar refractivity (Wildman–Crippen MR) is 197 cm³/mol. The van der Waals surface area contributed by atoms with Crippen LogP contribution in [-0.2, 0) is 22.6 Å². The lowest BCUT2D eigenvalue weighted by atomic mass is 9.70. The molecule has 3 saturated heterocycles. The number of piperazine rings is 1. The second-order valence-corrected chi connectivity index (χ2v) is 16.0. The predicted octanol–water partition coefficient (Wildman–Crippen LogP) is 5.30. The number of nitrogens with zero attached hydrogens (tertiary/aromatic N) is 4. The van der Waals surface area contributed by atoms with E-state index in [2.05, 4.69) is 56.4 Å². The third-order valence-electron chi connectivity index (χ3n) is 12.9. The molecule has 3 amide bonds. The molecule has 2 aliphatic carbocycles. The second-order valence-electron chi connectivity index (χ2n) is 16.0. The molecule has 3 aromatic rings. The van der Waals surface area contributed by atoms with Crippen LogP contribution in [0, 0.1) is 17.8 Å². The molecule has 9 heteroatoms. The summed E-state index contributed by atoms with van der Waals surface area (Å²) in [5.74, 6) is 2.35. The van der Waals surface area contributed by atoms with Gasteiger partial charge in [-0.3, -0.25) is 24.6 Å². The van der Waals surface area contributed by atoms with Crippen molar-refractivity contribution in [3.63, 3.8) is 0 Å². The molecule has 9 rings (SSSR count). The lowest BCUT2D eigenvalue weighted by Gasteiger charge is -2.40. The number of piperidine rings is 2. The molecule has 3 aromatic carbocycles. The van der Waals surface area contributed by atoms with E-state index in [1.807, 2.05) is 24.3 Å². The molecule has 4 heterocycles. The Kier molecular flexibility index (Phi) is 8.49. The van der Waals surface area contributed by atoms with Crippen molar-refractivity contribution in [3.05, 3.63) is 88.5 Å². The molecule has 4 fully saturated rings. The summed E-state index contributed by atoms with van der Waals surface area (Å²) < 4.78 is 0. The van der Waals surface area contributed by atoms with Crippen LogP contribution in [0.1, 0.15) is 83.5 Å². The van der Waals surface area contributed by atoms with Crippen molar-refractivity contribution in [2.24, 2.45) is 17.8 Å². The number of imide groups is 1. The standard InChI is InChI=1S/C42H49N5O4/c48-34-9-12-36-30(24-34)5-10-35(28-1-2-28)40(36)29-3-6-32(7-4-29)45-17-15-27(16-18-45)25-44-19-21-46(22-20-44)33-8-11-37-31(23-33)26-47(42(37)51)38-13-14-39(49)43-41(38)50/h3-4,6-9,11-12,23-24,27-28,35,38,40,48H,1-2,5,10,13-22,25-26H2,(H,43,49,50)/t35-,38+,40+/m0/s1. The van der Waals surface area contributed by atoms with Gasteiger partial charge in [0, 0.05) is 81.6 Å². The molecular weight excluding hydrogens is 638 g/mol. The summed E-state index contributed by atoms with van der Waals surface area (Å²) in [6.07, 6.45) is 8.12. The topological polar surface area (TPSA) is 96.4 Å². The third kappa shape index (κ3) is 6.39. The molecule has 0 aromatic heterocycles. The smallest absolute Gasteiger partial charge is 0.255 e. The van der Waals surface area contributed by atoms with Gasteiger partial charge < -0.3 is 19.8 Å². The van der Waals surface area contributed by atoms with Gasteiger partial charge >= 0.3 is 0 Å². The van der Waals surface area contributed by atoms with Gasteiger partial charge in [-0.05, 0) is 127 Å². The molecule has 9 nitrogen and oxygen atoms in total. The number of hydrogen-bond donors (Lipinski definition) is 2. The van der Waals surface area contributed by atoms with Crippen LogP contribution in [0.3, 0.4) is 0 Å². The summed E-state index contributed by atoms with van der Waals surface area (Å²) in [7, 11) is 0. The number of amides is 3. The number of phenols is 1. The maximum atomic E-state index is 13.1. The van der Waals surface area contributed by atoms with E-state index in [-0.39, 0.29) is 24.1 Å². The number of phenolic OH excluding ortho intramolecular Hbond substituents is 1. The Bertz CT molecular complexity index is 1820. The van der Waals surface area contributed by atoms with E-state index < -0.39 is 6.04 Å². The third-order valence-corrected chi connectivity index (χ3v) is 12.9. The maximum absolute atomic E-state index is 13.1. The van der Waals surface area contributed by atoms with Crippen molar-refractivity contribution in [1.29, 1.82) is 0 Å². The van der Waals surface area contributed by atoms with Crippen LogP contribution in [0.15, 0.2) is 60.7 Å². The average Bonchev–Trinajstić information content (AvgIpc) is 3.95. The Morgan fingerprint density at radius 1 is 0.706 bits per heavy atom. The molecule has 3 atom stereocenters. The number of fused-ring (bicyclic) bond motifs is 2. The summed E-state index contributed by atoms with van der Waals surface area (Å²) in [4.78, 5) is 46.4. The zero-order valence-corrected chi connectivity index (χ0v) is 29.4. The summed E-state index contributed by atoms with van der Waals surface area (Å²) in [6.45, 7) is 7.76. The highest BCUT2D eigenvalue weighted by molar-refractivity contribution is 6.05. The number of anilines is 2. The minimum atomic E-state index is -0.579. The molecule has 2 N–H and O–H groups in total. The van der Waals surface area contributed by atoms with E-state index in [9.17, 15) is 19.5 Å². The normalized spacial score (nSPS) is 25.9. The van der Waals surface area contributed by atoms with Crippen LogP contribution in [-0.4, -0.2) is 84.5 Å². The lowest BCUT2D eigenvalue weighted by Crippen LogP contribution is -2.52. The van der Waals surface area contributed by atoms with Gasteiger partial charge in [0.1, 0.15) is 11.8 Å². The maximum Gasteiger partial charge on any atom is 0.255 e. The first-order valence-electron chi connectivity index (χ1n) is 19.3. The first-order chi connectivity index (χ1) is 24.9. The van der Waals surface area contributed by atoms with Crippen molar-refractivity contribution in [2.45, 2.75) is 69.9 Å². The van der Waals surface area contributed by atoms with Crippen LogP contribution in [0.5, 0.6) is 5.75 Å². The van der Waals surface area contributed by atoms with Gasteiger partial charge in [-0.1, -0.05) is 18.2 Å². The highest BCUT2D eigenvalue weighted by Gasteiger charge is 2.41. The van der Waals surface area contributed by atoms with Gasteiger partial charge in [-0.2, -0.15) is 0 Å². The minimum Gasteiger partial charge on any atom is -0.508 e. The lowest BCUT2D eigenvalue weighted by molar-refractivity contribution is -0.136. The van der Waals surface area contributed by atoms with E-state index in [0.717, 1.165) is 69.4 Å². The van der Waals surface area contributed by atoms with Gasteiger partial charge in [-0.15, -0.1) is 0 Å². The first kappa shape index (κ1) is 32.5. The van der Waals surface area contributed by atoms with E-state index in [0.29, 0.717) is 42.0 Å². The van der Waals surface area contributed by atoms with Crippen molar-refractivity contribution >= 4 is 29.1 Å². The summed E-state index contributed by atoms with van der Waals surface area (Å²) in [5, 5.41) is 12.5. The average molecular weight is 688 g/mol. The van der Waals surface area contributed by atoms with Gasteiger partial charge in [0.25, 0.3) is 5.91 Å². The number of rotatable bonds is 7. The Labute approximate surface area is 300 Å². The quantitative estimate of drug-likeness (QED) is 0.326. The molecule has 0 unspecified atom stereocenters. The molecule has 266 valence electrons. The number of hydrogen-bond acceptors (Lipinski definition) is 7. The fourth-order valence-corrected chi connectivity index (χ4v) is 9.87. The summed E-state index contributed by atoms with van der Waals surface area (Å²) >= 11 is 0. The number of carbonyl (C=O) groups excluding carboxylic acids is 3. The van der Waals surface area contributed by atoms with Crippen molar-refractivity contribution in [3.8, 4) is 5.75 Å². The molecule has 0 radical (unpaired) electrons. The van der Waals surface area contributed by atoms with Crippen LogP contribution < -0.4 is 15.1 Å². The zero-order chi connectivity index (χ0) is 34.6. The summed E-state index contributed by atoms with van der Waals surface area (Å²) in [5.41, 5.74) is 8.29. The van der Waals surface area contributed by atoms with E-state index in [1.165, 1.54) is 54.5 Å². The van der Waals surface area contributed by atoms with E-state index in [1.54, 1.807) is 4.90 Å². The van der Waals surface area contributed by atoms with Crippen LogP contribution in [0.2, 0.25) is 0 Å². The van der Waals surface area contributed by atoms with Gasteiger partial charge in [0.2, 0.25) is 11.8 Å². The van der Waals surface area contributed by atoms with Crippen LogP contribution >= 0.6 is 0 Å². The van der Waals surface area contributed by atoms with Gasteiger partial charge in [-0.25, -0.2) is 0 Å². The number of nitrogens with one attached hydrogen (secondary N) is 1. The molecule has 0 spiro atoms. The molecule has 51 heavy (non-hydrogen) atoms. The molecule has 6 aliphatic rings. The highest BCUT2D eigenvalue weighted by atomic mass is 16.3. The summed E-state index contributed by atoms with van der Waals surface area (Å²) in [6, 6.07) is 21.0. The molecule has 0 bridgehead atoms. The number of aromatic hydroxyl groups is 1.